The average molecular weight is 406 g/mol. The Hall–Kier alpha value is -3.51. The van der Waals surface area contributed by atoms with Gasteiger partial charge < -0.3 is 25.2 Å². The molecule has 1 aliphatic rings. The molecule has 0 radical (unpaired) electrons. The Morgan fingerprint density at radius 2 is 1.70 bits per heavy atom. The lowest BCUT2D eigenvalue weighted by Crippen LogP contribution is -2.30. The topological polar surface area (TPSA) is 107 Å². The predicted octanol–water partition coefficient (Wildman–Crippen LogP) is 3.66. The molecule has 1 aliphatic heterocycles. The quantitative estimate of drug-likeness (QED) is 0.482. The van der Waals surface area contributed by atoms with Gasteiger partial charge in [0, 0.05) is 24.5 Å². The summed E-state index contributed by atoms with van der Waals surface area (Å²) < 4.78 is 5.83. The first kappa shape index (κ1) is 19.8. The summed E-state index contributed by atoms with van der Waals surface area (Å²) in [6.07, 6.45) is -1.02. The van der Waals surface area contributed by atoms with E-state index in [1.54, 1.807) is 12.1 Å². The molecule has 0 aromatic heterocycles. The van der Waals surface area contributed by atoms with Crippen molar-refractivity contribution in [2.45, 2.75) is 31.5 Å². The van der Waals surface area contributed by atoms with E-state index < -0.39 is 12.2 Å². The number of phenolic OH excluding ortho intramolecular Hbond substituents is 3. The maximum absolute atomic E-state index is 12.7. The fourth-order valence-electron chi connectivity index (χ4n) is 3.76. The Bertz CT molecular complexity index is 1060. The Kier molecular flexibility index (Phi) is 5.33. The molecule has 30 heavy (non-hydrogen) atoms. The van der Waals surface area contributed by atoms with E-state index in [1.807, 2.05) is 30.3 Å². The summed E-state index contributed by atoms with van der Waals surface area (Å²) in [6, 6.07) is 17.0. The minimum Gasteiger partial charge on any atom is -0.508 e. The van der Waals surface area contributed by atoms with Crippen LogP contribution in [0.25, 0.3) is 0 Å². The molecule has 2 atom stereocenters. The monoisotopic (exact) mass is 406 g/mol. The number of ether oxygens (including phenoxy) is 1. The van der Waals surface area contributed by atoms with Gasteiger partial charge in [0.1, 0.15) is 34.7 Å². The number of aryl methyl sites for hydroxylation is 1. The minimum atomic E-state index is -0.968. The molecule has 0 spiro atoms. The van der Waals surface area contributed by atoms with Gasteiger partial charge in [0.25, 0.3) is 0 Å². The number of benzene rings is 3. The largest absolute Gasteiger partial charge is 0.508 e. The van der Waals surface area contributed by atoms with Gasteiger partial charge in [0.15, 0.2) is 5.78 Å². The van der Waals surface area contributed by atoms with E-state index in [2.05, 4.69) is 0 Å². The van der Waals surface area contributed by atoms with Gasteiger partial charge in [-0.3, -0.25) is 4.79 Å². The highest BCUT2D eigenvalue weighted by Crippen LogP contribution is 2.45. The zero-order chi connectivity index (χ0) is 21.3. The highest BCUT2D eigenvalue weighted by Gasteiger charge is 2.34. The summed E-state index contributed by atoms with van der Waals surface area (Å²) in [5.41, 5.74) is 1.77. The van der Waals surface area contributed by atoms with Crippen molar-refractivity contribution in [3.05, 3.63) is 82.9 Å². The van der Waals surface area contributed by atoms with Crippen LogP contribution < -0.4 is 4.74 Å². The number of aliphatic hydroxyl groups is 1. The Labute approximate surface area is 173 Å². The van der Waals surface area contributed by atoms with Gasteiger partial charge in [-0.2, -0.15) is 0 Å². The van der Waals surface area contributed by atoms with Gasteiger partial charge in [-0.1, -0.05) is 42.5 Å². The minimum absolute atomic E-state index is 0.0615. The lowest BCUT2D eigenvalue weighted by molar-refractivity contribution is 0.0197. The van der Waals surface area contributed by atoms with Crippen molar-refractivity contribution in [3.8, 4) is 23.0 Å². The molecule has 1 heterocycles. The van der Waals surface area contributed by atoms with Crippen molar-refractivity contribution >= 4 is 5.78 Å². The third-order valence-electron chi connectivity index (χ3n) is 5.34. The molecule has 154 valence electrons. The average Bonchev–Trinajstić information content (AvgIpc) is 2.74. The van der Waals surface area contributed by atoms with Crippen molar-refractivity contribution in [2.24, 2.45) is 0 Å². The molecule has 6 heteroatoms. The second kappa shape index (κ2) is 8.08. The molecule has 4 N–H and O–H groups in total. The van der Waals surface area contributed by atoms with E-state index in [4.69, 9.17) is 4.74 Å². The first-order valence-corrected chi connectivity index (χ1v) is 9.72. The van der Waals surface area contributed by atoms with Crippen LogP contribution in [0, 0.1) is 0 Å². The fourth-order valence-corrected chi connectivity index (χ4v) is 3.76. The van der Waals surface area contributed by atoms with Crippen LogP contribution in [0.1, 0.15) is 39.6 Å². The number of aliphatic hydroxyl groups excluding tert-OH is 1. The molecule has 3 aromatic rings. The smallest absolute Gasteiger partial charge is 0.170 e. The summed E-state index contributed by atoms with van der Waals surface area (Å²) in [5.74, 6) is -0.783. The lowest BCUT2D eigenvalue weighted by Gasteiger charge is -2.32. The Morgan fingerprint density at radius 3 is 2.40 bits per heavy atom. The molecule has 3 aromatic carbocycles. The van der Waals surface area contributed by atoms with Gasteiger partial charge in [0.2, 0.25) is 0 Å². The number of Topliss-reactive ketones (excluding diaryl/α,β-unsaturated/α-hetero) is 1. The van der Waals surface area contributed by atoms with Crippen LogP contribution in [0.2, 0.25) is 0 Å². The zero-order valence-electron chi connectivity index (χ0n) is 16.2. The van der Waals surface area contributed by atoms with E-state index in [0.717, 1.165) is 5.56 Å². The normalized spacial score (nSPS) is 17.8. The molecule has 0 amide bonds. The van der Waals surface area contributed by atoms with E-state index in [9.17, 15) is 25.2 Å². The molecule has 0 aliphatic carbocycles. The number of rotatable bonds is 5. The van der Waals surface area contributed by atoms with Crippen molar-refractivity contribution in [3.63, 3.8) is 0 Å². The van der Waals surface area contributed by atoms with Crippen LogP contribution in [0.5, 0.6) is 23.0 Å². The summed E-state index contributed by atoms with van der Waals surface area (Å²) in [6.45, 7) is 0. The van der Waals surface area contributed by atoms with E-state index in [1.165, 1.54) is 18.2 Å². The number of fused-ring (bicyclic) bond motifs is 1. The number of aromatic hydroxyl groups is 3. The van der Waals surface area contributed by atoms with Crippen molar-refractivity contribution in [1.82, 2.24) is 0 Å². The second-order valence-electron chi connectivity index (χ2n) is 7.41. The number of hydrogen-bond donors (Lipinski definition) is 4. The highest BCUT2D eigenvalue weighted by molar-refractivity contribution is 6.02. The third-order valence-corrected chi connectivity index (χ3v) is 5.34. The molecule has 6 nitrogen and oxygen atoms in total. The van der Waals surface area contributed by atoms with Crippen LogP contribution in [-0.4, -0.2) is 32.3 Å². The molecule has 0 unspecified atom stereocenters. The van der Waals surface area contributed by atoms with Crippen LogP contribution in [-0.2, 0) is 12.8 Å². The van der Waals surface area contributed by atoms with Crippen LogP contribution in [0.4, 0.5) is 0 Å². The van der Waals surface area contributed by atoms with Crippen molar-refractivity contribution in [1.29, 1.82) is 0 Å². The lowest BCUT2D eigenvalue weighted by atomic mass is 9.91. The van der Waals surface area contributed by atoms with Crippen molar-refractivity contribution < 1.29 is 30.0 Å². The molecule has 0 saturated carbocycles. The molecular weight excluding hydrogens is 384 g/mol. The number of ketones is 1. The Morgan fingerprint density at radius 1 is 1.00 bits per heavy atom. The maximum Gasteiger partial charge on any atom is 0.170 e. The number of carbonyl (C=O) groups is 1. The van der Waals surface area contributed by atoms with Crippen LogP contribution in [0.15, 0.2) is 60.7 Å². The molecular formula is C24H22O6. The summed E-state index contributed by atoms with van der Waals surface area (Å²) in [7, 11) is 0. The number of hydrogen-bond acceptors (Lipinski definition) is 6. The number of carbonyl (C=O) groups excluding carboxylic acids is 1. The molecule has 0 fully saturated rings. The first-order chi connectivity index (χ1) is 14.4. The van der Waals surface area contributed by atoms with Crippen LogP contribution >= 0.6 is 0 Å². The molecule has 0 bridgehead atoms. The summed E-state index contributed by atoms with van der Waals surface area (Å²) >= 11 is 0. The number of phenols is 3. The van der Waals surface area contributed by atoms with E-state index in [0.29, 0.717) is 17.5 Å². The Balaban J connectivity index is 1.59. The van der Waals surface area contributed by atoms with Crippen molar-refractivity contribution in [2.75, 3.05) is 0 Å². The second-order valence-corrected chi connectivity index (χ2v) is 7.41. The molecule has 4 rings (SSSR count). The maximum atomic E-state index is 12.7. The van der Waals surface area contributed by atoms with Gasteiger partial charge in [-0.25, -0.2) is 0 Å². The first-order valence-electron chi connectivity index (χ1n) is 9.72. The SMILES string of the molecule is O=C(CCc1ccccc1)c1c(O)cc2c(c1O)C[C@H](O)[C@@H](c1ccc(O)cc1)O2. The van der Waals surface area contributed by atoms with Gasteiger partial charge in [0.05, 0.1) is 6.10 Å². The fraction of sp³-hybridized carbons (Fsp3) is 0.208. The van der Waals surface area contributed by atoms with Crippen LogP contribution in [0.3, 0.4) is 0 Å². The van der Waals surface area contributed by atoms with Gasteiger partial charge in [-0.15, -0.1) is 0 Å². The molecule has 0 saturated heterocycles. The highest BCUT2D eigenvalue weighted by atomic mass is 16.5. The van der Waals surface area contributed by atoms with E-state index in [-0.39, 0.29) is 47.2 Å². The zero-order valence-corrected chi connectivity index (χ0v) is 16.2. The van der Waals surface area contributed by atoms with Gasteiger partial charge in [-0.05, 0) is 29.7 Å². The summed E-state index contributed by atoms with van der Waals surface area (Å²) in [5, 5.41) is 41.1. The summed E-state index contributed by atoms with van der Waals surface area (Å²) in [4.78, 5) is 12.7. The standard InChI is InChI=1S/C24H22O6/c25-16-9-7-15(8-10-16)24-20(28)12-17-21(30-24)13-19(27)22(23(17)29)18(26)11-6-14-4-2-1-3-5-14/h1-5,7-10,13,20,24-25,27-29H,6,11-12H2/t20-,24+/m0/s1. The predicted molar refractivity (Wildman–Crippen MR) is 110 cm³/mol. The third kappa shape index (κ3) is 3.82. The van der Waals surface area contributed by atoms with Gasteiger partial charge >= 0.3 is 0 Å². The van der Waals surface area contributed by atoms with E-state index >= 15 is 0 Å².